The molecule has 1 heterocycles. The normalized spacial score (nSPS) is 9.83. The van der Waals surface area contributed by atoms with Gasteiger partial charge in [-0.15, -0.1) is 6.58 Å². The van der Waals surface area contributed by atoms with E-state index in [2.05, 4.69) is 22.2 Å². The van der Waals surface area contributed by atoms with Crippen LogP contribution in [0.1, 0.15) is 10.5 Å². The van der Waals surface area contributed by atoms with Crippen molar-refractivity contribution in [3.05, 3.63) is 54.9 Å². The van der Waals surface area contributed by atoms with Crippen molar-refractivity contribution in [1.82, 2.24) is 10.3 Å². The molecule has 0 saturated heterocycles. The summed E-state index contributed by atoms with van der Waals surface area (Å²) in [5.74, 6) is 1.15. The number of nitrogens with one attached hydrogen (secondary N) is 2. The summed E-state index contributed by atoms with van der Waals surface area (Å²) < 4.78 is 10.5. The van der Waals surface area contributed by atoms with Gasteiger partial charge in [0.05, 0.1) is 31.8 Å². The number of pyridine rings is 1. The fraction of sp³-hybridized carbons (Fsp3) is 0.176. The molecule has 0 fully saturated rings. The van der Waals surface area contributed by atoms with Crippen molar-refractivity contribution in [2.45, 2.75) is 0 Å². The van der Waals surface area contributed by atoms with Gasteiger partial charge in [-0.3, -0.25) is 4.79 Å². The Kier molecular flexibility index (Phi) is 5.57. The highest BCUT2D eigenvalue weighted by Gasteiger charge is 2.08. The van der Waals surface area contributed by atoms with Crippen molar-refractivity contribution in [1.29, 1.82) is 0 Å². The average Bonchev–Trinajstić information content (AvgIpc) is 2.60. The second-order valence-electron chi connectivity index (χ2n) is 4.62. The molecule has 0 atom stereocenters. The van der Waals surface area contributed by atoms with Crippen LogP contribution in [0.3, 0.4) is 0 Å². The van der Waals surface area contributed by atoms with Gasteiger partial charge >= 0.3 is 0 Å². The first kappa shape index (κ1) is 16.4. The molecule has 6 heteroatoms. The van der Waals surface area contributed by atoms with Crippen LogP contribution in [-0.4, -0.2) is 31.7 Å². The number of methoxy groups -OCH3 is 2. The molecule has 23 heavy (non-hydrogen) atoms. The zero-order chi connectivity index (χ0) is 16.7. The van der Waals surface area contributed by atoms with E-state index in [4.69, 9.17) is 9.47 Å². The largest absolute Gasteiger partial charge is 0.497 e. The van der Waals surface area contributed by atoms with Gasteiger partial charge in [0.1, 0.15) is 17.2 Å². The second-order valence-corrected chi connectivity index (χ2v) is 4.62. The number of hydrogen-bond donors (Lipinski definition) is 2. The topological polar surface area (TPSA) is 72.5 Å². The predicted molar refractivity (Wildman–Crippen MR) is 89.6 cm³/mol. The van der Waals surface area contributed by atoms with Crippen LogP contribution < -0.4 is 20.1 Å². The summed E-state index contributed by atoms with van der Waals surface area (Å²) in [4.78, 5) is 15.9. The third-order valence-corrected chi connectivity index (χ3v) is 3.09. The lowest BCUT2D eigenvalue weighted by Gasteiger charge is -2.12. The summed E-state index contributed by atoms with van der Waals surface area (Å²) in [6, 6.07) is 8.87. The number of benzene rings is 1. The summed E-state index contributed by atoms with van der Waals surface area (Å²) >= 11 is 0. The minimum Gasteiger partial charge on any atom is -0.497 e. The Morgan fingerprint density at radius 3 is 2.70 bits per heavy atom. The maximum atomic E-state index is 11.8. The molecule has 0 unspecified atom stereocenters. The van der Waals surface area contributed by atoms with Gasteiger partial charge < -0.3 is 20.1 Å². The number of hydrogen-bond acceptors (Lipinski definition) is 5. The van der Waals surface area contributed by atoms with E-state index in [0.717, 1.165) is 11.4 Å². The highest BCUT2D eigenvalue weighted by Crippen LogP contribution is 2.31. The van der Waals surface area contributed by atoms with Gasteiger partial charge in [0.2, 0.25) is 0 Å². The Morgan fingerprint density at radius 1 is 1.26 bits per heavy atom. The zero-order valence-electron chi connectivity index (χ0n) is 13.1. The fourth-order valence-corrected chi connectivity index (χ4v) is 1.92. The molecule has 1 aromatic carbocycles. The van der Waals surface area contributed by atoms with Crippen LogP contribution in [-0.2, 0) is 0 Å². The lowest BCUT2D eigenvalue weighted by atomic mass is 10.2. The first-order valence-electron chi connectivity index (χ1n) is 7.02. The van der Waals surface area contributed by atoms with Gasteiger partial charge in [0, 0.05) is 12.6 Å². The van der Waals surface area contributed by atoms with Crippen molar-refractivity contribution in [3.63, 3.8) is 0 Å². The van der Waals surface area contributed by atoms with E-state index in [-0.39, 0.29) is 5.91 Å². The van der Waals surface area contributed by atoms with Crippen LogP contribution in [0, 0.1) is 0 Å². The van der Waals surface area contributed by atoms with Crippen LogP contribution in [0.5, 0.6) is 11.5 Å². The van der Waals surface area contributed by atoms with Crippen LogP contribution in [0.25, 0.3) is 0 Å². The van der Waals surface area contributed by atoms with Gasteiger partial charge in [-0.2, -0.15) is 0 Å². The molecule has 1 aromatic heterocycles. The SMILES string of the molecule is C=CCNC(=O)c1ccc(Nc2cc(OC)ccc2OC)cn1. The van der Waals surface area contributed by atoms with E-state index >= 15 is 0 Å². The molecule has 2 aromatic rings. The van der Waals surface area contributed by atoms with E-state index in [0.29, 0.717) is 23.7 Å². The van der Waals surface area contributed by atoms with Crippen LogP contribution in [0.4, 0.5) is 11.4 Å². The van der Waals surface area contributed by atoms with Gasteiger partial charge in [0.15, 0.2) is 0 Å². The Bertz CT molecular complexity index is 684. The number of ether oxygens (including phenoxy) is 2. The van der Waals surface area contributed by atoms with Crippen LogP contribution >= 0.6 is 0 Å². The summed E-state index contributed by atoms with van der Waals surface area (Å²) in [5, 5.41) is 5.87. The monoisotopic (exact) mass is 313 g/mol. The molecule has 0 aliphatic heterocycles. The third kappa shape index (κ3) is 4.23. The molecule has 120 valence electrons. The number of nitrogens with zero attached hydrogens (tertiary/aromatic N) is 1. The molecule has 6 nitrogen and oxygen atoms in total. The minimum absolute atomic E-state index is 0.240. The van der Waals surface area contributed by atoms with Crippen LogP contribution in [0.2, 0.25) is 0 Å². The van der Waals surface area contributed by atoms with Crippen molar-refractivity contribution in [2.24, 2.45) is 0 Å². The Labute approximate surface area is 135 Å². The molecule has 0 spiro atoms. The van der Waals surface area contributed by atoms with E-state index in [1.165, 1.54) is 0 Å². The van der Waals surface area contributed by atoms with Gasteiger partial charge in [-0.25, -0.2) is 4.98 Å². The Balaban J connectivity index is 2.14. The van der Waals surface area contributed by atoms with Crippen molar-refractivity contribution >= 4 is 17.3 Å². The molecule has 2 N–H and O–H groups in total. The van der Waals surface area contributed by atoms with Gasteiger partial charge in [-0.05, 0) is 24.3 Å². The molecule has 0 aliphatic rings. The smallest absolute Gasteiger partial charge is 0.270 e. The molecule has 2 rings (SSSR count). The Morgan fingerprint density at radius 2 is 2.09 bits per heavy atom. The molecule has 0 aliphatic carbocycles. The maximum Gasteiger partial charge on any atom is 0.270 e. The average molecular weight is 313 g/mol. The number of carbonyl (C=O) groups is 1. The number of anilines is 2. The molecular weight excluding hydrogens is 294 g/mol. The van der Waals surface area contributed by atoms with Crippen molar-refractivity contribution in [3.8, 4) is 11.5 Å². The highest BCUT2D eigenvalue weighted by molar-refractivity contribution is 5.92. The highest BCUT2D eigenvalue weighted by atomic mass is 16.5. The molecule has 0 radical (unpaired) electrons. The summed E-state index contributed by atoms with van der Waals surface area (Å²) in [5.41, 5.74) is 1.82. The first-order chi connectivity index (χ1) is 11.2. The second kappa shape index (κ2) is 7.84. The summed E-state index contributed by atoms with van der Waals surface area (Å²) in [6.07, 6.45) is 3.20. The number of amides is 1. The van der Waals surface area contributed by atoms with Crippen molar-refractivity contribution < 1.29 is 14.3 Å². The number of rotatable bonds is 7. The minimum atomic E-state index is -0.240. The van der Waals surface area contributed by atoms with Crippen molar-refractivity contribution in [2.75, 3.05) is 26.1 Å². The fourth-order valence-electron chi connectivity index (χ4n) is 1.92. The van der Waals surface area contributed by atoms with E-state index in [9.17, 15) is 4.79 Å². The van der Waals surface area contributed by atoms with E-state index in [1.807, 2.05) is 18.2 Å². The molecule has 0 bridgehead atoms. The van der Waals surface area contributed by atoms with Gasteiger partial charge in [0.25, 0.3) is 5.91 Å². The lowest BCUT2D eigenvalue weighted by Crippen LogP contribution is -2.24. The maximum absolute atomic E-state index is 11.8. The Hall–Kier alpha value is -3.02. The third-order valence-electron chi connectivity index (χ3n) is 3.09. The summed E-state index contributed by atoms with van der Waals surface area (Å²) in [6.45, 7) is 3.95. The molecule has 0 saturated carbocycles. The molecule has 1 amide bonds. The van der Waals surface area contributed by atoms with Crippen LogP contribution in [0.15, 0.2) is 49.2 Å². The number of carbonyl (C=O) groups excluding carboxylic acids is 1. The molecular formula is C17H19N3O3. The summed E-state index contributed by atoms with van der Waals surface area (Å²) in [7, 11) is 3.20. The quantitative estimate of drug-likeness (QED) is 0.769. The van der Waals surface area contributed by atoms with E-state index < -0.39 is 0 Å². The standard InChI is InChI=1S/C17H19N3O3/c1-4-9-18-17(21)14-7-5-12(11-19-14)20-15-10-13(22-2)6-8-16(15)23-3/h4-8,10-11,20H,1,9H2,2-3H3,(H,18,21). The first-order valence-corrected chi connectivity index (χ1v) is 7.02. The number of aromatic nitrogens is 1. The van der Waals surface area contributed by atoms with E-state index in [1.54, 1.807) is 38.6 Å². The lowest BCUT2D eigenvalue weighted by molar-refractivity contribution is 0.0953. The zero-order valence-corrected chi connectivity index (χ0v) is 13.1. The van der Waals surface area contributed by atoms with Gasteiger partial charge in [-0.1, -0.05) is 6.08 Å². The predicted octanol–water partition coefficient (Wildman–Crippen LogP) is 2.76.